The van der Waals surface area contributed by atoms with Crippen LogP contribution in [0.25, 0.3) is 0 Å². The van der Waals surface area contributed by atoms with Gasteiger partial charge < -0.3 is 26.0 Å². The largest absolute Gasteiger partial charge is 0.396 e. The van der Waals surface area contributed by atoms with E-state index in [1.54, 1.807) is 4.90 Å². The zero-order valence-corrected chi connectivity index (χ0v) is 9.27. The second kappa shape index (κ2) is 4.44. The van der Waals surface area contributed by atoms with E-state index >= 15 is 0 Å². The highest BCUT2D eigenvalue weighted by molar-refractivity contribution is 5.89. The maximum Gasteiger partial charge on any atom is 0.223 e. The van der Waals surface area contributed by atoms with Crippen molar-refractivity contribution >= 4 is 12.3 Å². The van der Waals surface area contributed by atoms with Crippen molar-refractivity contribution in [2.75, 3.05) is 6.61 Å². The Morgan fingerprint density at radius 2 is 2.18 bits per heavy atom. The van der Waals surface area contributed by atoms with E-state index in [2.05, 4.69) is 16.6 Å². The van der Waals surface area contributed by atoms with Crippen LogP contribution in [0, 0.1) is 5.92 Å². The van der Waals surface area contributed by atoms with E-state index < -0.39 is 18.2 Å². The molecule has 2 aliphatic rings. The van der Waals surface area contributed by atoms with Gasteiger partial charge in [0.25, 0.3) is 0 Å². The fraction of sp³-hybridized carbons (Fsp3) is 0.600. The van der Waals surface area contributed by atoms with Crippen molar-refractivity contribution in [3.05, 3.63) is 12.4 Å². The van der Waals surface area contributed by atoms with Crippen molar-refractivity contribution in [3.63, 3.8) is 0 Å². The van der Waals surface area contributed by atoms with Gasteiger partial charge in [-0.1, -0.05) is 6.58 Å². The Labute approximate surface area is 98.6 Å². The molecule has 17 heavy (non-hydrogen) atoms. The lowest BCUT2D eigenvalue weighted by atomic mass is 10.1. The van der Waals surface area contributed by atoms with Gasteiger partial charge in [-0.25, -0.2) is 4.99 Å². The Bertz CT molecular complexity index is 382. The number of aliphatic hydroxyl groups excluding tert-OH is 3. The first-order valence-electron chi connectivity index (χ1n) is 5.37. The highest BCUT2D eigenvalue weighted by atomic mass is 16.3. The van der Waals surface area contributed by atoms with Gasteiger partial charge in [-0.05, 0) is 6.42 Å². The summed E-state index contributed by atoms with van der Waals surface area (Å²) in [6, 6.07) is -0.393. The van der Waals surface area contributed by atoms with Gasteiger partial charge in [0.05, 0.1) is 12.1 Å². The molecular formula is C10H16N4O3. The summed E-state index contributed by atoms with van der Waals surface area (Å²) in [6.45, 7) is 3.54. The quantitative estimate of drug-likeness (QED) is 0.455. The standard InChI is InChI=1S/C10H16N4O3/c1-5-13-10(11)12-4-14(5)7-2-6(3-15)8(16)9(7)17/h4,6-9,15-17H,1-3H2,(H2,11,13)/t6-,7-,8?,9-/m1/s1. The Morgan fingerprint density at radius 3 is 2.71 bits per heavy atom. The molecule has 2 rings (SSSR count). The lowest BCUT2D eigenvalue weighted by molar-refractivity contribution is -0.00627. The minimum Gasteiger partial charge on any atom is -0.396 e. The first-order valence-corrected chi connectivity index (χ1v) is 5.37. The average molecular weight is 240 g/mol. The third kappa shape index (κ3) is 2.04. The number of hydrogen-bond donors (Lipinski definition) is 4. The molecule has 0 radical (unpaired) electrons. The predicted octanol–water partition coefficient (Wildman–Crippen LogP) is -1.78. The Balaban J connectivity index is 2.15. The highest BCUT2D eigenvalue weighted by Crippen LogP contribution is 2.31. The third-order valence-corrected chi connectivity index (χ3v) is 3.22. The van der Waals surface area contributed by atoms with Gasteiger partial charge in [0.15, 0.2) is 0 Å². The molecule has 1 fully saturated rings. The number of rotatable bonds is 2. The smallest absolute Gasteiger partial charge is 0.223 e. The molecule has 7 heteroatoms. The minimum absolute atomic E-state index is 0.109. The second-order valence-corrected chi connectivity index (χ2v) is 4.26. The topological polar surface area (TPSA) is 115 Å². The number of guanidine groups is 1. The molecule has 0 aromatic carbocycles. The summed E-state index contributed by atoms with van der Waals surface area (Å²) in [5.74, 6) is 0.129. The normalized spacial score (nSPS) is 37.5. The summed E-state index contributed by atoms with van der Waals surface area (Å²) in [5.41, 5.74) is 5.41. The molecule has 0 spiro atoms. The lowest BCUT2D eigenvalue weighted by Crippen LogP contribution is -2.43. The van der Waals surface area contributed by atoms with E-state index in [4.69, 9.17) is 10.8 Å². The van der Waals surface area contributed by atoms with Crippen molar-refractivity contribution in [3.8, 4) is 0 Å². The monoisotopic (exact) mass is 240 g/mol. The summed E-state index contributed by atoms with van der Waals surface area (Å²) in [7, 11) is 0. The van der Waals surface area contributed by atoms with Gasteiger partial charge in [0.2, 0.25) is 5.96 Å². The summed E-state index contributed by atoms with van der Waals surface area (Å²) in [5, 5.41) is 28.7. The summed E-state index contributed by atoms with van der Waals surface area (Å²) < 4.78 is 0. The summed E-state index contributed by atoms with van der Waals surface area (Å²) in [4.78, 5) is 9.29. The number of hydrogen-bond acceptors (Lipinski definition) is 7. The molecule has 1 heterocycles. The van der Waals surface area contributed by atoms with Crippen LogP contribution in [-0.2, 0) is 0 Å². The molecule has 0 bridgehead atoms. The fourth-order valence-electron chi connectivity index (χ4n) is 2.24. The molecule has 0 saturated heterocycles. The summed E-state index contributed by atoms with van der Waals surface area (Å²) >= 11 is 0. The number of aliphatic imine (C=N–C) groups is 2. The van der Waals surface area contributed by atoms with Crippen LogP contribution in [0.2, 0.25) is 0 Å². The van der Waals surface area contributed by atoms with Crippen LogP contribution in [0.15, 0.2) is 22.4 Å². The molecule has 0 aromatic rings. The lowest BCUT2D eigenvalue weighted by Gasteiger charge is -2.30. The molecule has 0 aromatic heterocycles. The first-order chi connectivity index (χ1) is 8.04. The molecule has 0 amide bonds. The van der Waals surface area contributed by atoms with Gasteiger partial charge in [0.1, 0.15) is 18.3 Å². The van der Waals surface area contributed by atoms with Crippen LogP contribution in [0.4, 0.5) is 0 Å². The van der Waals surface area contributed by atoms with Gasteiger partial charge in [-0.15, -0.1) is 0 Å². The van der Waals surface area contributed by atoms with E-state index in [-0.39, 0.29) is 18.5 Å². The molecule has 1 aliphatic heterocycles. The number of aliphatic hydroxyl groups is 3. The van der Waals surface area contributed by atoms with Crippen molar-refractivity contribution in [1.29, 1.82) is 0 Å². The molecule has 5 N–H and O–H groups in total. The maximum absolute atomic E-state index is 9.91. The van der Waals surface area contributed by atoms with Gasteiger partial charge in [-0.2, -0.15) is 4.99 Å². The molecule has 1 unspecified atom stereocenters. The third-order valence-electron chi connectivity index (χ3n) is 3.22. The van der Waals surface area contributed by atoms with E-state index in [9.17, 15) is 10.2 Å². The van der Waals surface area contributed by atoms with Gasteiger partial charge in [0, 0.05) is 12.5 Å². The Morgan fingerprint density at radius 1 is 1.47 bits per heavy atom. The van der Waals surface area contributed by atoms with Crippen LogP contribution >= 0.6 is 0 Å². The molecule has 1 aliphatic carbocycles. The van der Waals surface area contributed by atoms with Crippen molar-refractivity contribution in [2.24, 2.45) is 21.6 Å². The van der Waals surface area contributed by atoms with Crippen LogP contribution in [0.5, 0.6) is 0 Å². The fourth-order valence-corrected chi connectivity index (χ4v) is 2.24. The van der Waals surface area contributed by atoms with E-state index in [1.165, 1.54) is 6.34 Å². The minimum atomic E-state index is -0.968. The second-order valence-electron chi connectivity index (χ2n) is 4.26. The van der Waals surface area contributed by atoms with Crippen molar-refractivity contribution < 1.29 is 15.3 Å². The van der Waals surface area contributed by atoms with E-state index in [1.807, 2.05) is 0 Å². The zero-order valence-electron chi connectivity index (χ0n) is 9.27. The molecular weight excluding hydrogens is 224 g/mol. The van der Waals surface area contributed by atoms with Crippen LogP contribution < -0.4 is 5.73 Å². The Kier molecular flexibility index (Phi) is 3.14. The van der Waals surface area contributed by atoms with Gasteiger partial charge >= 0.3 is 0 Å². The molecule has 1 saturated carbocycles. The number of nitrogens with zero attached hydrogens (tertiary/aromatic N) is 3. The van der Waals surface area contributed by atoms with E-state index in [0.29, 0.717) is 12.2 Å². The number of nitrogens with two attached hydrogens (primary N) is 1. The SMILES string of the molecule is C=C1N=C(N)N=CN1[C@@H]1C[C@H](CO)C(O)[C@@H]1O. The molecule has 94 valence electrons. The predicted molar refractivity (Wildman–Crippen MR) is 62.1 cm³/mol. The van der Waals surface area contributed by atoms with Crippen LogP contribution in [0.1, 0.15) is 6.42 Å². The average Bonchev–Trinajstić information content (AvgIpc) is 2.57. The van der Waals surface area contributed by atoms with Gasteiger partial charge in [-0.3, -0.25) is 0 Å². The van der Waals surface area contributed by atoms with Crippen molar-refractivity contribution in [2.45, 2.75) is 24.7 Å². The van der Waals surface area contributed by atoms with Crippen molar-refractivity contribution in [1.82, 2.24) is 4.90 Å². The Hall–Kier alpha value is -1.44. The first kappa shape index (κ1) is 12.0. The van der Waals surface area contributed by atoms with Crippen LogP contribution in [0.3, 0.4) is 0 Å². The molecule has 4 atom stereocenters. The highest BCUT2D eigenvalue weighted by Gasteiger charge is 2.44. The maximum atomic E-state index is 9.91. The summed E-state index contributed by atoms with van der Waals surface area (Å²) in [6.07, 6.45) is -0.0380. The van der Waals surface area contributed by atoms with Crippen LogP contribution in [-0.4, -0.2) is 57.4 Å². The zero-order chi connectivity index (χ0) is 12.6. The van der Waals surface area contributed by atoms with E-state index in [0.717, 1.165) is 0 Å². The molecule has 7 nitrogen and oxygen atoms in total.